The molecule has 0 unspecified atom stereocenters. The van der Waals surface area contributed by atoms with Gasteiger partial charge in [-0.05, 0) is 28.1 Å². The molecule has 4 rings (SSSR count). The van der Waals surface area contributed by atoms with Crippen LogP contribution in [0.25, 0.3) is 34.0 Å². The molecule has 0 N–H and O–H groups in total. The highest BCUT2D eigenvalue weighted by atomic mass is 79.9. The topological polar surface area (TPSA) is 26.0 Å². The Morgan fingerprint density at radius 2 is 1.25 bits per heavy atom. The summed E-state index contributed by atoms with van der Waals surface area (Å²) in [4.78, 5) is 4.79. The smallest absolute Gasteiger partial charge is 0.228 e. The molecule has 0 amide bonds. The zero-order valence-corrected chi connectivity index (χ0v) is 14.4. The maximum atomic E-state index is 6.18. The summed E-state index contributed by atoms with van der Waals surface area (Å²) in [5.74, 6) is 1.40. The van der Waals surface area contributed by atoms with Gasteiger partial charge in [-0.15, -0.1) is 0 Å². The zero-order chi connectivity index (χ0) is 16.4. The fraction of sp³-hybridized carbons (Fsp3) is 0. The van der Waals surface area contributed by atoms with Gasteiger partial charge in [-0.3, -0.25) is 0 Å². The molecule has 0 aliphatic rings. The van der Waals surface area contributed by atoms with E-state index in [2.05, 4.69) is 15.9 Å². The molecule has 0 fully saturated rings. The van der Waals surface area contributed by atoms with Gasteiger partial charge in [0.15, 0.2) is 5.76 Å². The Bertz CT molecular complexity index is 905. The average Bonchev–Trinajstić information content (AvgIpc) is 3.09. The Hall–Kier alpha value is -2.65. The first-order chi connectivity index (χ1) is 11.8. The number of oxazole rings is 1. The van der Waals surface area contributed by atoms with Crippen molar-refractivity contribution in [3.63, 3.8) is 0 Å². The normalized spacial score (nSPS) is 10.7. The summed E-state index contributed by atoms with van der Waals surface area (Å²) in [6.07, 6.45) is 0. The molecule has 0 aliphatic heterocycles. The average molecular weight is 376 g/mol. The second kappa shape index (κ2) is 6.46. The van der Waals surface area contributed by atoms with Crippen LogP contribution in [0.15, 0.2) is 93.8 Å². The molecule has 0 aliphatic carbocycles. The lowest BCUT2D eigenvalue weighted by molar-refractivity contribution is 0.589. The lowest BCUT2D eigenvalue weighted by Crippen LogP contribution is -1.82. The monoisotopic (exact) mass is 375 g/mol. The van der Waals surface area contributed by atoms with Crippen molar-refractivity contribution in [2.24, 2.45) is 0 Å². The molecule has 0 saturated carbocycles. The minimum atomic E-state index is 0.611. The molecular formula is C21H14BrNO. The van der Waals surface area contributed by atoms with Crippen LogP contribution in [0.1, 0.15) is 0 Å². The Labute approximate surface area is 148 Å². The fourth-order valence-electron chi connectivity index (χ4n) is 2.65. The second-order valence-electron chi connectivity index (χ2n) is 5.41. The van der Waals surface area contributed by atoms with Crippen molar-refractivity contribution in [1.29, 1.82) is 0 Å². The Morgan fingerprint density at radius 1 is 0.667 bits per heavy atom. The number of halogens is 1. The maximum Gasteiger partial charge on any atom is 0.228 e. The summed E-state index contributed by atoms with van der Waals surface area (Å²) < 4.78 is 7.14. The molecule has 116 valence electrons. The summed E-state index contributed by atoms with van der Waals surface area (Å²) in [7, 11) is 0. The molecule has 1 heterocycles. The third kappa shape index (κ3) is 2.79. The standard InChI is InChI=1S/C21H14BrNO/c22-18-14-8-7-13-17(18)21-23-19(15-9-3-1-4-10-15)20(24-21)16-11-5-2-6-12-16/h1-14H. The summed E-state index contributed by atoms with van der Waals surface area (Å²) in [5.41, 5.74) is 3.85. The minimum Gasteiger partial charge on any atom is -0.435 e. The number of nitrogens with zero attached hydrogens (tertiary/aromatic N) is 1. The Balaban J connectivity index is 1.94. The van der Waals surface area contributed by atoms with Gasteiger partial charge in [-0.1, -0.05) is 72.8 Å². The summed E-state index contributed by atoms with van der Waals surface area (Å²) >= 11 is 3.58. The van der Waals surface area contributed by atoms with Crippen LogP contribution in [0.2, 0.25) is 0 Å². The van der Waals surface area contributed by atoms with Gasteiger partial charge in [-0.25, -0.2) is 4.98 Å². The van der Waals surface area contributed by atoms with Gasteiger partial charge < -0.3 is 4.42 Å². The van der Waals surface area contributed by atoms with E-state index in [4.69, 9.17) is 9.40 Å². The summed E-state index contributed by atoms with van der Waals surface area (Å²) in [6.45, 7) is 0. The number of rotatable bonds is 3. The predicted octanol–water partition coefficient (Wildman–Crippen LogP) is 6.44. The maximum absolute atomic E-state index is 6.18. The molecule has 0 saturated heterocycles. The highest BCUT2D eigenvalue weighted by molar-refractivity contribution is 9.10. The number of aromatic nitrogens is 1. The molecule has 3 heteroatoms. The van der Waals surface area contributed by atoms with E-state index in [1.54, 1.807) is 0 Å². The van der Waals surface area contributed by atoms with Crippen LogP contribution in [-0.4, -0.2) is 4.98 Å². The van der Waals surface area contributed by atoms with E-state index in [-0.39, 0.29) is 0 Å². The van der Waals surface area contributed by atoms with E-state index in [0.29, 0.717) is 5.89 Å². The van der Waals surface area contributed by atoms with Crippen molar-refractivity contribution in [1.82, 2.24) is 4.98 Å². The SMILES string of the molecule is Brc1ccccc1-c1nc(-c2ccccc2)c(-c2ccccc2)o1. The molecule has 1 aromatic heterocycles. The van der Waals surface area contributed by atoms with Gasteiger partial charge in [0, 0.05) is 15.6 Å². The van der Waals surface area contributed by atoms with Crippen LogP contribution in [0.5, 0.6) is 0 Å². The molecule has 0 spiro atoms. The number of hydrogen-bond donors (Lipinski definition) is 0. The van der Waals surface area contributed by atoms with Crippen molar-refractivity contribution >= 4 is 15.9 Å². The van der Waals surface area contributed by atoms with E-state index in [0.717, 1.165) is 32.6 Å². The Kier molecular flexibility index (Phi) is 4.01. The highest BCUT2D eigenvalue weighted by Crippen LogP contribution is 2.37. The van der Waals surface area contributed by atoms with Crippen LogP contribution >= 0.6 is 15.9 Å². The van der Waals surface area contributed by atoms with Gasteiger partial charge in [0.2, 0.25) is 5.89 Å². The van der Waals surface area contributed by atoms with Crippen molar-refractivity contribution in [3.05, 3.63) is 89.4 Å². The van der Waals surface area contributed by atoms with Crippen molar-refractivity contribution in [2.45, 2.75) is 0 Å². The third-order valence-electron chi connectivity index (χ3n) is 3.81. The summed E-state index contributed by atoms with van der Waals surface area (Å²) in [6, 6.07) is 28.2. The lowest BCUT2D eigenvalue weighted by atomic mass is 10.1. The minimum absolute atomic E-state index is 0.611. The largest absolute Gasteiger partial charge is 0.435 e. The molecule has 0 atom stereocenters. The quantitative estimate of drug-likeness (QED) is 0.411. The van der Waals surface area contributed by atoms with Crippen LogP contribution in [0.4, 0.5) is 0 Å². The first kappa shape index (κ1) is 14.9. The van der Waals surface area contributed by atoms with Crippen LogP contribution in [0, 0.1) is 0 Å². The zero-order valence-electron chi connectivity index (χ0n) is 12.8. The van der Waals surface area contributed by atoms with Crippen molar-refractivity contribution in [3.8, 4) is 34.0 Å². The van der Waals surface area contributed by atoms with Gasteiger partial charge in [0.25, 0.3) is 0 Å². The summed E-state index contributed by atoms with van der Waals surface area (Å²) in [5, 5.41) is 0. The predicted molar refractivity (Wildman–Crippen MR) is 101 cm³/mol. The van der Waals surface area contributed by atoms with E-state index >= 15 is 0 Å². The van der Waals surface area contributed by atoms with Crippen molar-refractivity contribution < 1.29 is 4.42 Å². The molecule has 0 bridgehead atoms. The number of benzene rings is 3. The first-order valence-electron chi connectivity index (χ1n) is 7.69. The van der Waals surface area contributed by atoms with Gasteiger partial charge >= 0.3 is 0 Å². The van der Waals surface area contributed by atoms with Crippen LogP contribution in [0.3, 0.4) is 0 Å². The van der Waals surface area contributed by atoms with E-state index in [1.807, 2.05) is 84.9 Å². The molecule has 24 heavy (non-hydrogen) atoms. The third-order valence-corrected chi connectivity index (χ3v) is 4.51. The second-order valence-corrected chi connectivity index (χ2v) is 6.26. The van der Waals surface area contributed by atoms with Crippen LogP contribution in [-0.2, 0) is 0 Å². The van der Waals surface area contributed by atoms with E-state index in [1.165, 1.54) is 0 Å². The first-order valence-corrected chi connectivity index (χ1v) is 8.49. The molecular weight excluding hydrogens is 362 g/mol. The molecule has 4 aromatic rings. The number of hydrogen-bond acceptors (Lipinski definition) is 2. The van der Waals surface area contributed by atoms with E-state index < -0.39 is 0 Å². The highest BCUT2D eigenvalue weighted by Gasteiger charge is 2.18. The molecule has 3 aromatic carbocycles. The lowest BCUT2D eigenvalue weighted by Gasteiger charge is -2.00. The van der Waals surface area contributed by atoms with Gasteiger partial charge in [0.05, 0.1) is 5.56 Å². The fourth-order valence-corrected chi connectivity index (χ4v) is 3.10. The van der Waals surface area contributed by atoms with Crippen molar-refractivity contribution in [2.75, 3.05) is 0 Å². The molecule has 0 radical (unpaired) electrons. The Morgan fingerprint density at radius 3 is 1.92 bits per heavy atom. The van der Waals surface area contributed by atoms with Gasteiger partial charge in [0.1, 0.15) is 5.69 Å². The molecule has 2 nitrogen and oxygen atoms in total. The van der Waals surface area contributed by atoms with Gasteiger partial charge in [-0.2, -0.15) is 0 Å². The van der Waals surface area contributed by atoms with E-state index in [9.17, 15) is 0 Å². The van der Waals surface area contributed by atoms with Crippen LogP contribution < -0.4 is 0 Å².